The molecule has 2 rings (SSSR count). The van der Waals surface area contributed by atoms with Gasteiger partial charge in [0.2, 0.25) is 0 Å². The third-order valence-electron chi connectivity index (χ3n) is 2.87. The van der Waals surface area contributed by atoms with Crippen LogP contribution in [0.3, 0.4) is 0 Å². The number of halogens is 2. The molecule has 88 valence electrons. The van der Waals surface area contributed by atoms with Crippen molar-refractivity contribution < 1.29 is 0 Å². The highest BCUT2D eigenvalue weighted by Crippen LogP contribution is 2.34. The van der Waals surface area contributed by atoms with Gasteiger partial charge in [-0.25, -0.2) is 0 Å². The summed E-state index contributed by atoms with van der Waals surface area (Å²) < 4.78 is 0. The van der Waals surface area contributed by atoms with E-state index in [2.05, 4.69) is 33.8 Å². The largest absolute Gasteiger partial charge is 0.366 e. The van der Waals surface area contributed by atoms with Crippen LogP contribution in [0.5, 0.6) is 0 Å². The lowest BCUT2D eigenvalue weighted by Gasteiger charge is -2.36. The third-order valence-corrected chi connectivity index (χ3v) is 4.97. The molecular weight excluding hydrogens is 306 g/mol. The molecule has 1 atom stereocenters. The van der Waals surface area contributed by atoms with Crippen LogP contribution in [0.2, 0.25) is 5.02 Å². The summed E-state index contributed by atoms with van der Waals surface area (Å²) in [5.74, 6) is 2.38. The molecule has 1 unspecified atom stereocenters. The standard InChI is InChI=1S/C12H15BrClNS/c1-9-8-16-6-5-15(9)12-10(7-13)3-2-4-11(12)14/h2-4,9H,5-8H2,1H3. The highest BCUT2D eigenvalue weighted by molar-refractivity contribution is 9.08. The van der Waals surface area contributed by atoms with Crippen LogP contribution >= 0.6 is 39.3 Å². The van der Waals surface area contributed by atoms with Crippen molar-refractivity contribution in [3.8, 4) is 0 Å². The van der Waals surface area contributed by atoms with E-state index in [1.165, 1.54) is 22.8 Å². The first-order chi connectivity index (χ1) is 7.74. The fourth-order valence-electron chi connectivity index (χ4n) is 2.05. The smallest absolute Gasteiger partial charge is 0.0642 e. The Morgan fingerprint density at radius 2 is 2.38 bits per heavy atom. The van der Waals surface area contributed by atoms with Gasteiger partial charge in [0.25, 0.3) is 0 Å². The highest BCUT2D eigenvalue weighted by Gasteiger charge is 2.22. The number of nitrogens with zero attached hydrogens (tertiary/aromatic N) is 1. The van der Waals surface area contributed by atoms with Crippen LogP contribution in [0.1, 0.15) is 12.5 Å². The minimum absolute atomic E-state index is 0.566. The lowest BCUT2D eigenvalue weighted by Crippen LogP contribution is -2.41. The topological polar surface area (TPSA) is 3.24 Å². The number of anilines is 1. The van der Waals surface area contributed by atoms with Crippen LogP contribution in [0.4, 0.5) is 5.69 Å². The van der Waals surface area contributed by atoms with E-state index in [4.69, 9.17) is 11.6 Å². The van der Waals surface area contributed by atoms with Crippen LogP contribution < -0.4 is 4.90 Å². The summed E-state index contributed by atoms with van der Waals surface area (Å²) in [7, 11) is 0. The first kappa shape index (κ1) is 12.6. The normalized spacial score (nSPS) is 21.2. The molecule has 0 radical (unpaired) electrons. The van der Waals surface area contributed by atoms with Crippen molar-refractivity contribution in [2.24, 2.45) is 0 Å². The van der Waals surface area contributed by atoms with E-state index in [0.29, 0.717) is 6.04 Å². The van der Waals surface area contributed by atoms with Gasteiger partial charge in [-0.15, -0.1) is 0 Å². The third kappa shape index (κ3) is 2.52. The molecule has 0 N–H and O–H groups in total. The molecule has 1 aromatic rings. The molecule has 1 aromatic carbocycles. The van der Waals surface area contributed by atoms with Crippen molar-refractivity contribution in [2.45, 2.75) is 18.3 Å². The maximum Gasteiger partial charge on any atom is 0.0642 e. The van der Waals surface area contributed by atoms with E-state index in [-0.39, 0.29) is 0 Å². The molecule has 1 nitrogen and oxygen atoms in total. The van der Waals surface area contributed by atoms with Gasteiger partial charge in [0.15, 0.2) is 0 Å². The fourth-order valence-corrected chi connectivity index (χ4v) is 3.82. The second-order valence-electron chi connectivity index (χ2n) is 4.00. The van der Waals surface area contributed by atoms with Crippen molar-refractivity contribution in [3.63, 3.8) is 0 Å². The maximum absolute atomic E-state index is 6.34. The van der Waals surface area contributed by atoms with Crippen LogP contribution in [0.25, 0.3) is 0 Å². The van der Waals surface area contributed by atoms with Gasteiger partial charge >= 0.3 is 0 Å². The van der Waals surface area contributed by atoms with Gasteiger partial charge in [-0.3, -0.25) is 0 Å². The summed E-state index contributed by atoms with van der Waals surface area (Å²) in [5.41, 5.74) is 2.50. The van der Waals surface area contributed by atoms with Crippen LogP contribution in [0, 0.1) is 0 Å². The number of benzene rings is 1. The predicted octanol–water partition coefficient (Wildman–Crippen LogP) is 4.18. The Morgan fingerprint density at radius 1 is 1.56 bits per heavy atom. The van der Waals surface area contributed by atoms with Crippen molar-refractivity contribution in [1.29, 1.82) is 0 Å². The zero-order chi connectivity index (χ0) is 11.5. The molecule has 0 spiro atoms. The van der Waals surface area contributed by atoms with Gasteiger partial charge in [-0.05, 0) is 18.6 Å². The maximum atomic E-state index is 6.34. The second-order valence-corrected chi connectivity index (χ2v) is 6.12. The average molecular weight is 321 g/mol. The second kappa shape index (κ2) is 5.65. The zero-order valence-electron chi connectivity index (χ0n) is 9.25. The Morgan fingerprint density at radius 3 is 3.06 bits per heavy atom. The number of para-hydroxylation sites is 1. The monoisotopic (exact) mass is 319 g/mol. The Balaban J connectivity index is 2.37. The Hall–Kier alpha value is 0.140. The summed E-state index contributed by atoms with van der Waals surface area (Å²) in [6.07, 6.45) is 0. The molecule has 0 aromatic heterocycles. The van der Waals surface area contributed by atoms with Gasteiger partial charge in [0.05, 0.1) is 10.7 Å². The van der Waals surface area contributed by atoms with Crippen LogP contribution in [-0.2, 0) is 5.33 Å². The van der Waals surface area contributed by atoms with Gasteiger partial charge in [-0.1, -0.05) is 39.7 Å². The van der Waals surface area contributed by atoms with Crippen molar-refractivity contribution in [2.75, 3.05) is 23.0 Å². The highest BCUT2D eigenvalue weighted by atomic mass is 79.9. The summed E-state index contributed by atoms with van der Waals surface area (Å²) in [6.45, 7) is 3.36. The van der Waals surface area contributed by atoms with Crippen molar-refractivity contribution >= 4 is 45.0 Å². The molecule has 0 bridgehead atoms. The van der Waals surface area contributed by atoms with Crippen LogP contribution in [0.15, 0.2) is 18.2 Å². The van der Waals surface area contributed by atoms with Crippen molar-refractivity contribution in [1.82, 2.24) is 0 Å². The summed E-state index contributed by atoms with van der Waals surface area (Å²) in [4.78, 5) is 2.44. The lowest BCUT2D eigenvalue weighted by atomic mass is 10.1. The fraction of sp³-hybridized carbons (Fsp3) is 0.500. The first-order valence-electron chi connectivity index (χ1n) is 5.41. The quantitative estimate of drug-likeness (QED) is 0.752. The number of hydrogen-bond acceptors (Lipinski definition) is 2. The number of rotatable bonds is 2. The molecule has 16 heavy (non-hydrogen) atoms. The molecule has 0 amide bonds. The average Bonchev–Trinajstić information content (AvgIpc) is 2.30. The number of hydrogen-bond donors (Lipinski definition) is 0. The zero-order valence-corrected chi connectivity index (χ0v) is 12.4. The molecule has 4 heteroatoms. The summed E-state index contributed by atoms with van der Waals surface area (Å²) in [6, 6.07) is 6.71. The molecule has 1 aliphatic rings. The molecule has 1 saturated heterocycles. The first-order valence-corrected chi connectivity index (χ1v) is 8.07. The molecule has 1 heterocycles. The summed E-state index contributed by atoms with van der Waals surface area (Å²) in [5, 5.41) is 1.73. The van der Waals surface area contributed by atoms with Crippen LogP contribution in [-0.4, -0.2) is 24.1 Å². The van der Waals surface area contributed by atoms with E-state index in [1.54, 1.807) is 0 Å². The Bertz CT molecular complexity index is 372. The van der Waals surface area contributed by atoms with Gasteiger partial charge < -0.3 is 4.90 Å². The molecule has 1 aliphatic heterocycles. The van der Waals surface area contributed by atoms with Gasteiger partial charge in [-0.2, -0.15) is 11.8 Å². The lowest BCUT2D eigenvalue weighted by molar-refractivity contribution is 0.698. The van der Waals surface area contributed by atoms with E-state index < -0.39 is 0 Å². The van der Waals surface area contributed by atoms with E-state index >= 15 is 0 Å². The van der Waals surface area contributed by atoms with E-state index in [0.717, 1.165) is 16.9 Å². The Labute approximate surface area is 115 Å². The minimum Gasteiger partial charge on any atom is -0.366 e. The minimum atomic E-state index is 0.566. The Kier molecular flexibility index (Phi) is 4.45. The predicted molar refractivity (Wildman–Crippen MR) is 78.2 cm³/mol. The van der Waals surface area contributed by atoms with E-state index in [9.17, 15) is 0 Å². The van der Waals surface area contributed by atoms with Gasteiger partial charge in [0.1, 0.15) is 0 Å². The van der Waals surface area contributed by atoms with Gasteiger partial charge in [0, 0.05) is 29.4 Å². The van der Waals surface area contributed by atoms with Crippen molar-refractivity contribution in [3.05, 3.63) is 28.8 Å². The molecule has 0 aliphatic carbocycles. The SMILES string of the molecule is CC1CSCCN1c1c(Cl)cccc1CBr. The number of alkyl halides is 1. The number of thioether (sulfide) groups is 1. The van der Waals surface area contributed by atoms with E-state index in [1.807, 2.05) is 23.9 Å². The molecule has 1 fully saturated rings. The summed E-state index contributed by atoms with van der Waals surface area (Å²) >= 11 is 11.9. The molecular formula is C12H15BrClNS. The molecule has 0 saturated carbocycles.